The minimum Gasteiger partial charge on any atom is -0.424 e. The quantitative estimate of drug-likeness (QED) is 0.304. The van der Waals surface area contributed by atoms with Crippen molar-refractivity contribution in [3.8, 4) is 0 Å². The molecule has 2 N–H and O–H groups in total. The standard InChI is InChI=1S/C32H40N2O3SSi/c1-23(2)31-29-21-25-20-24(30(38(5,35)36)22-28(25)34(29)19-18-33-31)16-17-32(3,4)39(37,26-12-8-6-9-13-26)27-14-10-7-11-15-27/h6-15,20-23,31,33,37H,16-19H2,1-5H3/t31-/m1/s1. The van der Waals surface area contributed by atoms with E-state index in [1.807, 2.05) is 66.7 Å². The van der Waals surface area contributed by atoms with E-state index in [1.165, 1.54) is 11.9 Å². The molecule has 0 aliphatic carbocycles. The zero-order valence-electron chi connectivity index (χ0n) is 23.6. The molecule has 1 atom stereocenters. The summed E-state index contributed by atoms with van der Waals surface area (Å²) in [7, 11) is -6.64. The highest BCUT2D eigenvalue weighted by atomic mass is 32.2. The van der Waals surface area contributed by atoms with Gasteiger partial charge in [-0.2, -0.15) is 0 Å². The molecule has 0 fully saturated rings. The van der Waals surface area contributed by atoms with Gasteiger partial charge >= 0.3 is 0 Å². The summed E-state index contributed by atoms with van der Waals surface area (Å²) in [6.45, 7) is 10.4. The maximum Gasteiger partial charge on any atom is 0.258 e. The highest BCUT2D eigenvalue weighted by molar-refractivity contribution is 7.90. The number of sulfone groups is 1. The number of benzene rings is 3. The first-order chi connectivity index (χ1) is 18.4. The molecule has 2 heterocycles. The zero-order valence-corrected chi connectivity index (χ0v) is 25.4. The van der Waals surface area contributed by atoms with Gasteiger partial charge in [0.15, 0.2) is 9.84 Å². The lowest BCUT2D eigenvalue weighted by molar-refractivity contribution is 0.351. The molecule has 4 aromatic rings. The van der Waals surface area contributed by atoms with E-state index in [9.17, 15) is 13.2 Å². The molecule has 0 saturated carbocycles. The van der Waals surface area contributed by atoms with Gasteiger partial charge in [0, 0.05) is 42.0 Å². The molecule has 0 amide bonds. The molecular weight excluding hydrogens is 521 g/mol. The van der Waals surface area contributed by atoms with Gasteiger partial charge in [0.25, 0.3) is 8.32 Å². The van der Waals surface area contributed by atoms with Crippen LogP contribution < -0.4 is 15.7 Å². The summed E-state index contributed by atoms with van der Waals surface area (Å²) in [5.41, 5.74) is 3.03. The maximum absolute atomic E-state index is 13.1. The van der Waals surface area contributed by atoms with Crippen LogP contribution in [0.4, 0.5) is 0 Å². The Bertz CT molecular complexity index is 1540. The largest absolute Gasteiger partial charge is 0.424 e. The van der Waals surface area contributed by atoms with Crippen LogP contribution in [0.2, 0.25) is 5.04 Å². The number of fused-ring (bicyclic) bond motifs is 3. The Kier molecular flexibility index (Phi) is 7.39. The van der Waals surface area contributed by atoms with E-state index in [1.54, 1.807) is 0 Å². The highest BCUT2D eigenvalue weighted by Gasteiger charge is 2.49. The second kappa shape index (κ2) is 10.4. The normalized spacial score (nSPS) is 16.5. The fourth-order valence-corrected chi connectivity index (χ4v) is 11.1. The van der Waals surface area contributed by atoms with Crippen molar-refractivity contribution >= 4 is 39.4 Å². The van der Waals surface area contributed by atoms with Gasteiger partial charge in [-0.25, -0.2) is 8.42 Å². The SMILES string of the molecule is CC(C)[C@H]1NCCn2c1cc1cc(CCC(C)(C)[Si](O)(c3ccccc3)c3ccccc3)c(S(C)(=O)=O)cc12. The van der Waals surface area contributed by atoms with Crippen molar-refractivity contribution in [2.24, 2.45) is 5.92 Å². The van der Waals surface area contributed by atoms with Crippen molar-refractivity contribution in [1.29, 1.82) is 0 Å². The highest BCUT2D eigenvalue weighted by Crippen LogP contribution is 2.41. The Morgan fingerprint density at radius 1 is 1.00 bits per heavy atom. The van der Waals surface area contributed by atoms with E-state index in [0.29, 0.717) is 23.7 Å². The Hall–Kier alpha value is -2.71. The molecule has 1 aliphatic heterocycles. The van der Waals surface area contributed by atoms with E-state index in [2.05, 4.69) is 49.7 Å². The Balaban J connectivity index is 1.57. The van der Waals surface area contributed by atoms with Crippen LogP contribution in [0.3, 0.4) is 0 Å². The molecule has 39 heavy (non-hydrogen) atoms. The van der Waals surface area contributed by atoms with Crippen LogP contribution in [0, 0.1) is 5.92 Å². The monoisotopic (exact) mass is 560 g/mol. The average molecular weight is 561 g/mol. The summed E-state index contributed by atoms with van der Waals surface area (Å²) in [5, 5.41) is 6.17. The van der Waals surface area contributed by atoms with E-state index in [0.717, 1.165) is 39.9 Å². The Labute approximate surface area is 233 Å². The lowest BCUT2D eigenvalue weighted by atomic mass is 9.99. The summed E-state index contributed by atoms with van der Waals surface area (Å²) in [5.74, 6) is 0.432. The molecule has 0 saturated heterocycles. The predicted octanol–water partition coefficient (Wildman–Crippen LogP) is 4.81. The molecule has 5 rings (SSSR count). The number of aryl methyl sites for hydroxylation is 1. The Morgan fingerprint density at radius 3 is 2.13 bits per heavy atom. The van der Waals surface area contributed by atoms with E-state index < -0.39 is 23.2 Å². The number of nitrogens with zero attached hydrogens (tertiary/aromatic N) is 1. The van der Waals surface area contributed by atoms with Gasteiger partial charge in [-0.1, -0.05) is 88.4 Å². The van der Waals surface area contributed by atoms with Crippen LogP contribution in [0.5, 0.6) is 0 Å². The molecule has 0 bridgehead atoms. The summed E-state index contributed by atoms with van der Waals surface area (Å²) in [4.78, 5) is 13.0. The van der Waals surface area contributed by atoms with Crippen LogP contribution in [0.15, 0.2) is 83.8 Å². The molecule has 0 radical (unpaired) electrons. The minimum atomic E-state index is -3.45. The molecule has 206 valence electrons. The summed E-state index contributed by atoms with van der Waals surface area (Å²) >= 11 is 0. The van der Waals surface area contributed by atoms with Crippen LogP contribution in [0.25, 0.3) is 10.9 Å². The van der Waals surface area contributed by atoms with Gasteiger partial charge in [0.05, 0.1) is 4.90 Å². The fourth-order valence-electron chi connectivity index (χ4n) is 6.36. The molecule has 0 spiro atoms. The van der Waals surface area contributed by atoms with Crippen molar-refractivity contribution in [2.75, 3.05) is 12.8 Å². The third kappa shape index (κ3) is 5.02. The van der Waals surface area contributed by atoms with Crippen LogP contribution >= 0.6 is 0 Å². The van der Waals surface area contributed by atoms with Crippen molar-refractivity contribution < 1.29 is 13.2 Å². The van der Waals surface area contributed by atoms with Gasteiger partial charge < -0.3 is 14.7 Å². The smallest absolute Gasteiger partial charge is 0.258 e. The molecule has 1 aromatic heterocycles. The second-order valence-corrected chi connectivity index (χ2v) is 17.9. The molecule has 5 nitrogen and oxygen atoms in total. The molecule has 3 aromatic carbocycles. The summed E-state index contributed by atoms with van der Waals surface area (Å²) in [6.07, 6.45) is 2.52. The van der Waals surface area contributed by atoms with Gasteiger partial charge in [-0.15, -0.1) is 0 Å². The first kappa shape index (κ1) is 27.8. The first-order valence-corrected chi connectivity index (χ1v) is 17.7. The Morgan fingerprint density at radius 2 is 1.59 bits per heavy atom. The average Bonchev–Trinajstić information content (AvgIpc) is 3.29. The zero-order chi connectivity index (χ0) is 28.0. The van der Waals surface area contributed by atoms with E-state index in [4.69, 9.17) is 0 Å². The lowest BCUT2D eigenvalue weighted by Crippen LogP contribution is -2.65. The van der Waals surface area contributed by atoms with Crippen molar-refractivity contribution in [2.45, 2.75) is 63.1 Å². The maximum atomic E-state index is 13.1. The number of hydrogen-bond acceptors (Lipinski definition) is 4. The van der Waals surface area contributed by atoms with Gasteiger partial charge in [-0.3, -0.25) is 0 Å². The molecule has 7 heteroatoms. The van der Waals surface area contributed by atoms with Gasteiger partial charge in [0.1, 0.15) is 0 Å². The molecule has 0 unspecified atom stereocenters. The van der Waals surface area contributed by atoms with Crippen LogP contribution in [-0.4, -0.2) is 38.9 Å². The number of rotatable bonds is 8. The number of nitrogens with one attached hydrogen (secondary N) is 1. The van der Waals surface area contributed by atoms with Gasteiger partial charge in [0.2, 0.25) is 0 Å². The fraction of sp³-hybridized carbons (Fsp3) is 0.375. The number of hydrogen-bond donors (Lipinski definition) is 2. The van der Waals surface area contributed by atoms with Crippen molar-refractivity contribution in [3.05, 3.63) is 90.1 Å². The van der Waals surface area contributed by atoms with E-state index in [-0.39, 0.29) is 6.04 Å². The molecule has 1 aliphatic rings. The third-order valence-corrected chi connectivity index (χ3v) is 14.3. The molecular formula is C32H40N2O3SSi. The minimum absolute atomic E-state index is 0.243. The van der Waals surface area contributed by atoms with Crippen molar-refractivity contribution in [1.82, 2.24) is 9.88 Å². The first-order valence-electron chi connectivity index (χ1n) is 13.9. The van der Waals surface area contributed by atoms with Crippen LogP contribution in [-0.2, 0) is 22.8 Å². The van der Waals surface area contributed by atoms with E-state index >= 15 is 0 Å². The number of aromatic nitrogens is 1. The summed E-state index contributed by atoms with van der Waals surface area (Å²) < 4.78 is 28.4. The van der Waals surface area contributed by atoms with Crippen molar-refractivity contribution in [3.63, 3.8) is 0 Å². The second-order valence-electron chi connectivity index (χ2n) is 12.0. The predicted molar refractivity (Wildman–Crippen MR) is 163 cm³/mol. The van der Waals surface area contributed by atoms with Crippen LogP contribution in [0.1, 0.15) is 51.4 Å². The lowest BCUT2D eigenvalue weighted by Gasteiger charge is -2.41. The van der Waals surface area contributed by atoms with Gasteiger partial charge in [-0.05, 0) is 57.9 Å². The summed E-state index contributed by atoms with van der Waals surface area (Å²) in [6, 6.07) is 26.4. The topological polar surface area (TPSA) is 71.3 Å². The third-order valence-electron chi connectivity index (χ3n) is 8.58.